The van der Waals surface area contributed by atoms with E-state index in [2.05, 4.69) is 4.74 Å². The Balaban J connectivity index is 3.09. The van der Waals surface area contributed by atoms with Gasteiger partial charge in [0.05, 0.1) is 10.0 Å². The van der Waals surface area contributed by atoms with E-state index in [9.17, 15) is 21.6 Å². The van der Waals surface area contributed by atoms with Crippen LogP contribution in [0.1, 0.15) is 0 Å². The van der Waals surface area contributed by atoms with E-state index in [4.69, 9.17) is 33.9 Å². The van der Waals surface area contributed by atoms with Crippen LogP contribution in [-0.4, -0.2) is 21.2 Å². The first-order valence-corrected chi connectivity index (χ1v) is 7.20. The van der Waals surface area contributed by atoms with Crippen LogP contribution >= 0.6 is 33.9 Å². The molecular weight excluding hydrogens is 340 g/mol. The molecule has 0 aromatic heterocycles. The van der Waals surface area contributed by atoms with Gasteiger partial charge in [0.15, 0.2) is 6.61 Å². The van der Waals surface area contributed by atoms with Gasteiger partial charge in [-0.1, -0.05) is 23.2 Å². The van der Waals surface area contributed by atoms with Gasteiger partial charge in [0.1, 0.15) is 10.6 Å². The van der Waals surface area contributed by atoms with Crippen LogP contribution in [0.4, 0.5) is 13.2 Å². The van der Waals surface area contributed by atoms with Crippen LogP contribution in [-0.2, 0) is 9.05 Å². The number of ether oxygens (including phenoxy) is 1. The summed E-state index contributed by atoms with van der Waals surface area (Å²) in [7, 11) is 0.908. The summed E-state index contributed by atoms with van der Waals surface area (Å²) in [5.41, 5.74) is 0. The highest BCUT2D eigenvalue weighted by Crippen LogP contribution is 2.35. The van der Waals surface area contributed by atoms with Gasteiger partial charge in [-0.25, -0.2) is 8.42 Å². The largest absolute Gasteiger partial charge is 0.483 e. The summed E-state index contributed by atoms with van der Waals surface area (Å²) >= 11 is 11.1. The second-order valence-corrected chi connectivity index (χ2v) is 6.40. The lowest BCUT2D eigenvalue weighted by atomic mass is 10.3. The van der Waals surface area contributed by atoms with Crippen LogP contribution in [0.25, 0.3) is 0 Å². The Hall–Kier alpha value is -0.370. The number of halogens is 6. The van der Waals surface area contributed by atoms with Gasteiger partial charge in [0.2, 0.25) is 0 Å². The lowest BCUT2D eigenvalue weighted by molar-refractivity contribution is -0.153. The van der Waals surface area contributed by atoms with Crippen molar-refractivity contribution in [3.63, 3.8) is 0 Å². The fourth-order valence-electron chi connectivity index (χ4n) is 0.967. The molecule has 1 aromatic rings. The van der Waals surface area contributed by atoms with E-state index in [1.54, 1.807) is 0 Å². The van der Waals surface area contributed by atoms with E-state index in [1.165, 1.54) is 0 Å². The molecule has 0 radical (unpaired) electrons. The third-order valence-corrected chi connectivity index (χ3v) is 3.72. The fraction of sp³-hybridized carbons (Fsp3) is 0.250. The zero-order valence-corrected chi connectivity index (χ0v) is 11.3. The highest BCUT2D eigenvalue weighted by molar-refractivity contribution is 8.13. The zero-order chi connectivity index (χ0) is 14.1. The van der Waals surface area contributed by atoms with Crippen molar-refractivity contribution in [1.82, 2.24) is 0 Å². The first-order valence-electron chi connectivity index (χ1n) is 4.14. The van der Waals surface area contributed by atoms with Gasteiger partial charge in [0, 0.05) is 16.7 Å². The molecule has 1 rings (SSSR count). The molecule has 0 aliphatic carbocycles. The lowest BCUT2D eigenvalue weighted by Gasteiger charge is -2.11. The van der Waals surface area contributed by atoms with E-state index in [1.807, 2.05) is 0 Å². The van der Waals surface area contributed by atoms with Gasteiger partial charge in [-0.05, 0) is 6.07 Å². The Morgan fingerprint density at radius 3 is 2.17 bits per heavy atom. The third kappa shape index (κ3) is 4.38. The van der Waals surface area contributed by atoms with Crippen molar-refractivity contribution in [2.75, 3.05) is 6.61 Å². The summed E-state index contributed by atoms with van der Waals surface area (Å²) < 4.78 is 62.2. The minimum absolute atomic E-state index is 0.345. The summed E-state index contributed by atoms with van der Waals surface area (Å²) in [6.07, 6.45) is -4.55. The van der Waals surface area contributed by atoms with Crippen LogP contribution in [0.15, 0.2) is 17.0 Å². The van der Waals surface area contributed by atoms with Gasteiger partial charge in [-0.2, -0.15) is 13.2 Å². The molecule has 0 N–H and O–H groups in total. The Kier molecular flexibility index (Phi) is 4.64. The molecule has 0 fully saturated rings. The first kappa shape index (κ1) is 15.7. The van der Waals surface area contributed by atoms with Crippen molar-refractivity contribution >= 4 is 42.9 Å². The summed E-state index contributed by atoms with van der Waals surface area (Å²) in [5, 5.41) is -0.727. The first-order chi connectivity index (χ1) is 8.00. The summed E-state index contributed by atoms with van der Waals surface area (Å²) in [4.78, 5) is -0.504. The van der Waals surface area contributed by atoms with E-state index in [-0.39, 0.29) is 15.8 Å². The molecule has 0 heterocycles. The SMILES string of the molecule is O=S(=O)(Cl)c1cc(Cl)c(OCC(F)(F)F)cc1Cl. The Labute approximate surface area is 115 Å². The minimum atomic E-state index is -4.55. The van der Waals surface area contributed by atoms with Gasteiger partial charge in [-0.15, -0.1) is 0 Å². The molecule has 0 unspecified atom stereocenters. The second kappa shape index (κ2) is 5.32. The maximum atomic E-state index is 11.9. The molecule has 102 valence electrons. The molecule has 0 saturated carbocycles. The van der Waals surface area contributed by atoms with Crippen molar-refractivity contribution in [2.45, 2.75) is 11.1 Å². The monoisotopic (exact) mass is 342 g/mol. The lowest BCUT2D eigenvalue weighted by Crippen LogP contribution is -2.19. The molecule has 18 heavy (non-hydrogen) atoms. The van der Waals surface area contributed by atoms with E-state index < -0.39 is 26.7 Å². The molecule has 3 nitrogen and oxygen atoms in total. The predicted octanol–water partition coefficient (Wildman–Crippen LogP) is 3.86. The van der Waals surface area contributed by atoms with Crippen molar-refractivity contribution in [3.8, 4) is 5.75 Å². The maximum Gasteiger partial charge on any atom is 0.422 e. The topological polar surface area (TPSA) is 43.4 Å². The smallest absolute Gasteiger partial charge is 0.422 e. The number of hydrogen-bond acceptors (Lipinski definition) is 3. The summed E-state index contributed by atoms with van der Waals surface area (Å²) in [6, 6.07) is 1.67. The number of rotatable bonds is 3. The van der Waals surface area contributed by atoms with Crippen LogP contribution in [0.2, 0.25) is 10.0 Å². The highest BCUT2D eigenvalue weighted by Gasteiger charge is 2.29. The molecule has 0 aliphatic rings. The molecule has 0 atom stereocenters. The fourth-order valence-corrected chi connectivity index (χ4v) is 2.76. The van der Waals surface area contributed by atoms with E-state index >= 15 is 0 Å². The molecule has 10 heteroatoms. The van der Waals surface area contributed by atoms with Gasteiger partial charge in [-0.3, -0.25) is 0 Å². The number of benzene rings is 1. The van der Waals surface area contributed by atoms with Crippen LogP contribution in [0, 0.1) is 0 Å². The maximum absolute atomic E-state index is 11.9. The van der Waals surface area contributed by atoms with Crippen molar-refractivity contribution in [1.29, 1.82) is 0 Å². The second-order valence-electron chi connectivity index (χ2n) is 3.05. The third-order valence-electron chi connectivity index (χ3n) is 1.64. The van der Waals surface area contributed by atoms with Crippen molar-refractivity contribution in [2.24, 2.45) is 0 Å². The summed E-state index contributed by atoms with van der Waals surface area (Å²) in [5.74, 6) is -0.386. The van der Waals surface area contributed by atoms with Crippen LogP contribution in [0.5, 0.6) is 5.75 Å². The molecule has 0 spiro atoms. The van der Waals surface area contributed by atoms with Gasteiger partial charge < -0.3 is 4.74 Å². The molecule has 0 saturated heterocycles. The van der Waals surface area contributed by atoms with Crippen LogP contribution in [0.3, 0.4) is 0 Å². The minimum Gasteiger partial charge on any atom is -0.483 e. The average molecular weight is 344 g/mol. The highest BCUT2D eigenvalue weighted by atomic mass is 35.7. The molecule has 1 aromatic carbocycles. The number of alkyl halides is 3. The quantitative estimate of drug-likeness (QED) is 0.783. The Bertz CT molecular complexity index is 557. The van der Waals surface area contributed by atoms with Crippen LogP contribution < -0.4 is 4.74 Å². The molecule has 0 aliphatic heterocycles. The van der Waals surface area contributed by atoms with Gasteiger partial charge in [0.25, 0.3) is 9.05 Å². The predicted molar refractivity (Wildman–Crippen MR) is 61.1 cm³/mol. The standard InChI is InChI=1S/C8H4Cl3F3O3S/c9-4-2-7(18(11,15)16)5(10)1-6(4)17-3-8(12,13)14/h1-2H,3H2. The average Bonchev–Trinajstić information content (AvgIpc) is 2.15. The molecular formula is C8H4Cl3F3O3S. The molecule has 0 amide bonds. The van der Waals surface area contributed by atoms with E-state index in [0.717, 1.165) is 12.1 Å². The van der Waals surface area contributed by atoms with E-state index in [0.29, 0.717) is 0 Å². The zero-order valence-electron chi connectivity index (χ0n) is 8.26. The van der Waals surface area contributed by atoms with Crippen molar-refractivity contribution < 1.29 is 26.3 Å². The summed E-state index contributed by atoms with van der Waals surface area (Å²) in [6.45, 7) is -1.57. The Morgan fingerprint density at radius 1 is 1.17 bits per heavy atom. The normalized spacial score (nSPS) is 12.6. The molecule has 0 bridgehead atoms. The number of hydrogen-bond donors (Lipinski definition) is 0. The van der Waals surface area contributed by atoms with Crippen molar-refractivity contribution in [3.05, 3.63) is 22.2 Å². The Morgan fingerprint density at radius 2 is 1.72 bits per heavy atom. The van der Waals surface area contributed by atoms with Gasteiger partial charge >= 0.3 is 6.18 Å².